The van der Waals surface area contributed by atoms with Gasteiger partial charge in [-0.05, 0) is 47.6 Å². The van der Waals surface area contributed by atoms with Crippen LogP contribution in [-0.2, 0) is 0 Å². The summed E-state index contributed by atoms with van der Waals surface area (Å²) in [7, 11) is 0. The van der Waals surface area contributed by atoms with Crippen molar-refractivity contribution in [1.82, 2.24) is 5.43 Å². The number of nitrogens with one attached hydrogen (secondary N) is 1. The molecule has 3 heteroatoms. The highest BCUT2D eigenvalue weighted by molar-refractivity contribution is 5.35. The van der Waals surface area contributed by atoms with Crippen LogP contribution in [0.4, 0.5) is 4.39 Å². The summed E-state index contributed by atoms with van der Waals surface area (Å²) >= 11 is 0. The van der Waals surface area contributed by atoms with Gasteiger partial charge in [0.25, 0.3) is 0 Å². The van der Waals surface area contributed by atoms with Crippen molar-refractivity contribution in [2.24, 2.45) is 5.84 Å². The minimum absolute atomic E-state index is 0.101. The Morgan fingerprint density at radius 3 is 2.40 bits per heavy atom. The van der Waals surface area contributed by atoms with Crippen molar-refractivity contribution in [3.8, 4) is 0 Å². The molecule has 0 spiro atoms. The summed E-state index contributed by atoms with van der Waals surface area (Å²) in [6.07, 6.45) is 3.88. The third-order valence-electron chi connectivity index (χ3n) is 4.19. The number of halogens is 1. The molecule has 1 saturated carbocycles. The summed E-state index contributed by atoms with van der Waals surface area (Å²) in [5, 5.41) is 0. The Kier molecular flexibility index (Phi) is 3.81. The van der Waals surface area contributed by atoms with Crippen molar-refractivity contribution >= 4 is 0 Å². The first-order valence-corrected chi connectivity index (χ1v) is 7.09. The highest BCUT2D eigenvalue weighted by atomic mass is 19.1. The third kappa shape index (κ3) is 2.60. The molecular formula is C17H19FN2. The molecule has 2 nitrogen and oxygen atoms in total. The van der Waals surface area contributed by atoms with Crippen LogP contribution >= 0.6 is 0 Å². The SMILES string of the molecule is NNC(c1ccc(F)cc1)c1cccc(C2CCC2)c1. The zero-order valence-corrected chi connectivity index (χ0v) is 11.4. The van der Waals surface area contributed by atoms with Crippen LogP contribution in [0.25, 0.3) is 0 Å². The molecule has 104 valence electrons. The Morgan fingerprint density at radius 1 is 1.05 bits per heavy atom. The molecule has 0 saturated heterocycles. The molecule has 0 bridgehead atoms. The first kappa shape index (κ1) is 13.3. The molecule has 1 atom stereocenters. The van der Waals surface area contributed by atoms with Gasteiger partial charge >= 0.3 is 0 Å². The predicted molar refractivity (Wildman–Crippen MR) is 78.6 cm³/mol. The fourth-order valence-electron chi connectivity index (χ4n) is 2.77. The fourth-order valence-corrected chi connectivity index (χ4v) is 2.77. The van der Waals surface area contributed by atoms with Crippen LogP contribution in [0.15, 0.2) is 48.5 Å². The average molecular weight is 270 g/mol. The Bertz CT molecular complexity index is 576. The molecule has 2 aromatic carbocycles. The first-order chi connectivity index (χ1) is 9.78. The van der Waals surface area contributed by atoms with Gasteiger partial charge < -0.3 is 0 Å². The maximum atomic E-state index is 13.0. The monoisotopic (exact) mass is 270 g/mol. The summed E-state index contributed by atoms with van der Waals surface area (Å²) < 4.78 is 13.0. The highest BCUT2D eigenvalue weighted by Crippen LogP contribution is 2.37. The number of hydrogen-bond acceptors (Lipinski definition) is 2. The van der Waals surface area contributed by atoms with E-state index in [0.717, 1.165) is 11.1 Å². The minimum atomic E-state index is -0.229. The third-order valence-corrected chi connectivity index (χ3v) is 4.19. The molecule has 0 amide bonds. The van der Waals surface area contributed by atoms with E-state index in [2.05, 4.69) is 29.7 Å². The fraction of sp³-hybridized carbons (Fsp3) is 0.294. The average Bonchev–Trinajstić information content (AvgIpc) is 2.40. The summed E-state index contributed by atoms with van der Waals surface area (Å²) in [5.74, 6) is 6.17. The lowest BCUT2D eigenvalue weighted by molar-refractivity contribution is 0.419. The van der Waals surface area contributed by atoms with E-state index in [1.165, 1.54) is 37.0 Å². The number of hydrogen-bond donors (Lipinski definition) is 2. The lowest BCUT2D eigenvalue weighted by Crippen LogP contribution is -2.29. The molecule has 0 aliphatic heterocycles. The summed E-state index contributed by atoms with van der Waals surface area (Å²) in [6, 6.07) is 14.9. The largest absolute Gasteiger partial charge is 0.271 e. The van der Waals surface area contributed by atoms with Gasteiger partial charge in [0.1, 0.15) is 5.82 Å². The van der Waals surface area contributed by atoms with Gasteiger partial charge in [-0.1, -0.05) is 42.8 Å². The first-order valence-electron chi connectivity index (χ1n) is 7.09. The maximum absolute atomic E-state index is 13.0. The Labute approximate surface area is 118 Å². The van der Waals surface area contributed by atoms with Crippen LogP contribution in [-0.4, -0.2) is 0 Å². The van der Waals surface area contributed by atoms with Crippen molar-refractivity contribution in [2.45, 2.75) is 31.2 Å². The number of nitrogens with two attached hydrogens (primary N) is 1. The number of hydrazine groups is 1. The van der Waals surface area contributed by atoms with E-state index in [9.17, 15) is 4.39 Å². The van der Waals surface area contributed by atoms with E-state index < -0.39 is 0 Å². The van der Waals surface area contributed by atoms with Crippen molar-refractivity contribution in [3.05, 3.63) is 71.0 Å². The van der Waals surface area contributed by atoms with Gasteiger partial charge in [-0.2, -0.15) is 0 Å². The van der Waals surface area contributed by atoms with E-state index in [4.69, 9.17) is 5.84 Å². The van der Waals surface area contributed by atoms with Crippen molar-refractivity contribution in [3.63, 3.8) is 0 Å². The van der Waals surface area contributed by atoms with Crippen LogP contribution < -0.4 is 11.3 Å². The molecule has 0 heterocycles. The normalized spacial score (nSPS) is 16.7. The van der Waals surface area contributed by atoms with Gasteiger partial charge in [-0.25, -0.2) is 9.82 Å². The maximum Gasteiger partial charge on any atom is 0.123 e. The lowest BCUT2D eigenvalue weighted by Gasteiger charge is -2.27. The van der Waals surface area contributed by atoms with Crippen LogP contribution in [0.2, 0.25) is 0 Å². The van der Waals surface area contributed by atoms with E-state index in [0.29, 0.717) is 5.92 Å². The van der Waals surface area contributed by atoms with Crippen LogP contribution in [0.1, 0.15) is 47.9 Å². The highest BCUT2D eigenvalue weighted by Gasteiger charge is 2.21. The minimum Gasteiger partial charge on any atom is -0.271 e. The Balaban J connectivity index is 1.90. The van der Waals surface area contributed by atoms with Gasteiger partial charge in [0, 0.05) is 0 Å². The van der Waals surface area contributed by atoms with E-state index in [1.54, 1.807) is 12.1 Å². The smallest absolute Gasteiger partial charge is 0.123 e. The molecule has 1 fully saturated rings. The van der Waals surface area contributed by atoms with E-state index >= 15 is 0 Å². The Morgan fingerprint density at radius 2 is 1.80 bits per heavy atom. The molecule has 1 aliphatic carbocycles. The number of rotatable bonds is 4. The van der Waals surface area contributed by atoms with Crippen molar-refractivity contribution < 1.29 is 4.39 Å². The molecule has 3 N–H and O–H groups in total. The lowest BCUT2D eigenvalue weighted by atomic mass is 9.79. The van der Waals surface area contributed by atoms with E-state index in [1.807, 2.05) is 0 Å². The zero-order chi connectivity index (χ0) is 13.9. The molecule has 0 aromatic heterocycles. The molecule has 1 aliphatic rings. The molecule has 3 rings (SSSR count). The van der Waals surface area contributed by atoms with Crippen LogP contribution in [0.5, 0.6) is 0 Å². The summed E-state index contributed by atoms with van der Waals surface area (Å²) in [5.41, 5.74) is 6.32. The Hall–Kier alpha value is -1.71. The topological polar surface area (TPSA) is 38.0 Å². The van der Waals surface area contributed by atoms with Gasteiger partial charge in [0.2, 0.25) is 0 Å². The molecule has 20 heavy (non-hydrogen) atoms. The number of benzene rings is 2. The summed E-state index contributed by atoms with van der Waals surface area (Å²) in [6.45, 7) is 0. The van der Waals surface area contributed by atoms with Gasteiger partial charge in [-0.15, -0.1) is 0 Å². The molecular weight excluding hydrogens is 251 g/mol. The van der Waals surface area contributed by atoms with Gasteiger partial charge in [-0.3, -0.25) is 5.84 Å². The molecule has 2 aromatic rings. The van der Waals surface area contributed by atoms with Crippen LogP contribution in [0.3, 0.4) is 0 Å². The van der Waals surface area contributed by atoms with Gasteiger partial charge in [0.15, 0.2) is 0 Å². The predicted octanol–water partition coefficient (Wildman–Crippen LogP) is 3.65. The molecule has 0 radical (unpaired) electrons. The van der Waals surface area contributed by atoms with Gasteiger partial charge in [0.05, 0.1) is 6.04 Å². The van der Waals surface area contributed by atoms with Crippen molar-refractivity contribution in [2.75, 3.05) is 0 Å². The summed E-state index contributed by atoms with van der Waals surface area (Å²) in [4.78, 5) is 0. The second kappa shape index (κ2) is 5.73. The second-order valence-corrected chi connectivity index (χ2v) is 5.45. The zero-order valence-electron chi connectivity index (χ0n) is 11.4. The van der Waals surface area contributed by atoms with Crippen LogP contribution in [0, 0.1) is 5.82 Å². The van der Waals surface area contributed by atoms with E-state index in [-0.39, 0.29) is 11.9 Å². The molecule has 1 unspecified atom stereocenters. The standard InChI is InChI=1S/C17H19FN2/c18-16-9-7-13(8-10-16)17(20-19)15-6-2-5-14(11-15)12-3-1-4-12/h2,5-12,17,20H,1,3-4,19H2. The second-order valence-electron chi connectivity index (χ2n) is 5.45. The quantitative estimate of drug-likeness (QED) is 0.657. The van der Waals surface area contributed by atoms with Crippen molar-refractivity contribution in [1.29, 1.82) is 0 Å².